The lowest BCUT2D eigenvalue weighted by Crippen LogP contribution is -2.37. The molecule has 2 aliphatic heterocycles. The molecule has 4 fully saturated rings. The van der Waals surface area contributed by atoms with E-state index in [2.05, 4.69) is 20.3 Å². The van der Waals surface area contributed by atoms with Crippen molar-refractivity contribution in [1.29, 1.82) is 0 Å². The Morgan fingerprint density at radius 1 is 1.00 bits per heavy atom. The lowest BCUT2D eigenvalue weighted by molar-refractivity contribution is -0.232. The summed E-state index contributed by atoms with van der Waals surface area (Å²) in [5.41, 5.74) is 1.45. The molecule has 4 heterocycles. The standard InChI is InChI=1S/C23H33N5O4/c29-12-16-18-19(32-23(31-18)9-5-2-6-10-23)22(30-16)28-14-27-17-20(25-13-26-21(17)28)24-11-15-7-3-1-4-8-15/h13-16,18-19,22,29H,1-12H2,(H,24,25,26)/t16-,18?,19+,22-/m1/s1. The first-order valence-corrected chi connectivity index (χ1v) is 12.3. The molecule has 0 aromatic carbocycles. The fourth-order valence-electron chi connectivity index (χ4n) is 6.00. The lowest BCUT2D eigenvalue weighted by atomic mass is 9.89. The van der Waals surface area contributed by atoms with Gasteiger partial charge >= 0.3 is 0 Å². The maximum Gasteiger partial charge on any atom is 0.169 e. The molecule has 1 unspecified atom stereocenters. The van der Waals surface area contributed by atoms with Crippen LogP contribution in [0.25, 0.3) is 11.2 Å². The van der Waals surface area contributed by atoms with Gasteiger partial charge < -0.3 is 24.6 Å². The van der Waals surface area contributed by atoms with Crippen LogP contribution in [0.2, 0.25) is 0 Å². The molecule has 2 aromatic rings. The zero-order valence-corrected chi connectivity index (χ0v) is 18.5. The number of anilines is 1. The molecule has 2 saturated heterocycles. The van der Waals surface area contributed by atoms with Crippen LogP contribution in [0.15, 0.2) is 12.7 Å². The van der Waals surface area contributed by atoms with Gasteiger partial charge in [-0.1, -0.05) is 25.7 Å². The van der Waals surface area contributed by atoms with Gasteiger partial charge in [0, 0.05) is 19.4 Å². The monoisotopic (exact) mass is 443 g/mol. The summed E-state index contributed by atoms with van der Waals surface area (Å²) in [6.07, 6.45) is 13.6. The Balaban J connectivity index is 1.25. The Hall–Kier alpha value is -1.81. The van der Waals surface area contributed by atoms with E-state index in [-0.39, 0.29) is 18.8 Å². The minimum atomic E-state index is -0.541. The van der Waals surface area contributed by atoms with Crippen molar-refractivity contribution in [1.82, 2.24) is 19.5 Å². The van der Waals surface area contributed by atoms with Crippen molar-refractivity contribution >= 4 is 17.0 Å². The van der Waals surface area contributed by atoms with Crippen LogP contribution in [0.3, 0.4) is 0 Å². The van der Waals surface area contributed by atoms with Gasteiger partial charge in [0.2, 0.25) is 0 Å². The Morgan fingerprint density at radius 3 is 2.59 bits per heavy atom. The quantitative estimate of drug-likeness (QED) is 0.726. The highest BCUT2D eigenvalue weighted by atomic mass is 16.8. The normalized spacial score (nSPS) is 32.5. The SMILES string of the molecule is OC[C@H]1O[C@@H](n2cnc3c(NCC4CCCCC4)ncnc32)[C@H]2OC3(CCCCC3)OC12. The van der Waals surface area contributed by atoms with Crippen molar-refractivity contribution in [2.24, 2.45) is 5.92 Å². The van der Waals surface area contributed by atoms with Gasteiger partial charge in [-0.3, -0.25) is 4.57 Å². The van der Waals surface area contributed by atoms with Gasteiger partial charge in [-0.05, 0) is 31.6 Å². The molecule has 4 atom stereocenters. The molecule has 2 aromatic heterocycles. The van der Waals surface area contributed by atoms with Crippen molar-refractivity contribution in [2.75, 3.05) is 18.5 Å². The van der Waals surface area contributed by atoms with E-state index in [0.717, 1.165) is 43.6 Å². The van der Waals surface area contributed by atoms with Crippen LogP contribution in [-0.2, 0) is 14.2 Å². The number of nitrogens with one attached hydrogen (secondary N) is 1. The highest BCUT2D eigenvalue weighted by Crippen LogP contribution is 2.48. The highest BCUT2D eigenvalue weighted by Gasteiger charge is 2.58. The number of fused-ring (bicyclic) bond motifs is 2. The van der Waals surface area contributed by atoms with Crippen molar-refractivity contribution in [3.05, 3.63) is 12.7 Å². The molecule has 4 aliphatic rings. The number of imidazole rings is 1. The van der Waals surface area contributed by atoms with Crippen LogP contribution in [0.4, 0.5) is 5.82 Å². The Labute approximate surface area is 187 Å². The minimum absolute atomic E-state index is 0.104. The second-order valence-electron chi connectivity index (χ2n) is 9.82. The van der Waals surface area contributed by atoms with Gasteiger partial charge in [-0.2, -0.15) is 0 Å². The molecule has 1 spiro atoms. The molecule has 0 amide bonds. The predicted molar refractivity (Wildman–Crippen MR) is 117 cm³/mol. The smallest absolute Gasteiger partial charge is 0.169 e. The fraction of sp³-hybridized carbons (Fsp3) is 0.783. The van der Waals surface area contributed by atoms with Crippen molar-refractivity contribution in [2.45, 2.75) is 94.5 Å². The summed E-state index contributed by atoms with van der Waals surface area (Å²) < 4.78 is 21.0. The van der Waals surface area contributed by atoms with Crippen LogP contribution in [0, 0.1) is 5.92 Å². The van der Waals surface area contributed by atoms with E-state index in [1.54, 1.807) is 12.7 Å². The summed E-state index contributed by atoms with van der Waals surface area (Å²) in [7, 11) is 0. The van der Waals surface area contributed by atoms with Gasteiger partial charge in [0.1, 0.15) is 24.6 Å². The zero-order chi connectivity index (χ0) is 21.5. The average Bonchev–Trinajstić information content (AvgIpc) is 3.51. The summed E-state index contributed by atoms with van der Waals surface area (Å²) in [5, 5.41) is 13.5. The summed E-state index contributed by atoms with van der Waals surface area (Å²) in [4.78, 5) is 13.6. The van der Waals surface area contributed by atoms with Crippen molar-refractivity contribution < 1.29 is 19.3 Å². The van der Waals surface area contributed by atoms with E-state index in [0.29, 0.717) is 11.6 Å². The van der Waals surface area contributed by atoms with Gasteiger partial charge in [-0.15, -0.1) is 0 Å². The van der Waals surface area contributed by atoms with Crippen molar-refractivity contribution in [3.63, 3.8) is 0 Å². The van der Waals surface area contributed by atoms with Crippen LogP contribution < -0.4 is 5.32 Å². The van der Waals surface area contributed by atoms with Crippen LogP contribution >= 0.6 is 0 Å². The fourth-order valence-corrected chi connectivity index (χ4v) is 6.00. The van der Waals surface area contributed by atoms with E-state index in [1.807, 2.05) is 4.57 Å². The van der Waals surface area contributed by atoms with Gasteiger partial charge in [-0.25, -0.2) is 15.0 Å². The molecule has 2 aliphatic carbocycles. The first-order chi connectivity index (χ1) is 15.8. The molecule has 9 nitrogen and oxygen atoms in total. The molecule has 2 saturated carbocycles. The first kappa shape index (κ1) is 20.8. The third-order valence-corrected chi connectivity index (χ3v) is 7.70. The number of aliphatic hydroxyl groups excluding tert-OH is 1. The summed E-state index contributed by atoms with van der Waals surface area (Å²) in [6, 6.07) is 0. The van der Waals surface area contributed by atoms with Crippen LogP contribution in [0.5, 0.6) is 0 Å². The molecular weight excluding hydrogens is 410 g/mol. The molecule has 32 heavy (non-hydrogen) atoms. The third-order valence-electron chi connectivity index (χ3n) is 7.70. The molecule has 0 bridgehead atoms. The van der Waals surface area contributed by atoms with Gasteiger partial charge in [0.15, 0.2) is 29.0 Å². The summed E-state index contributed by atoms with van der Waals surface area (Å²) in [6.45, 7) is 0.808. The Bertz CT molecular complexity index is 940. The minimum Gasteiger partial charge on any atom is -0.394 e. The van der Waals surface area contributed by atoms with E-state index in [1.165, 1.54) is 38.5 Å². The van der Waals surface area contributed by atoms with E-state index >= 15 is 0 Å². The molecule has 2 N–H and O–H groups in total. The maximum atomic E-state index is 9.95. The maximum absolute atomic E-state index is 9.95. The predicted octanol–water partition coefficient (Wildman–Crippen LogP) is 3.15. The number of ether oxygens (including phenoxy) is 3. The molecule has 9 heteroatoms. The Morgan fingerprint density at radius 2 is 1.78 bits per heavy atom. The first-order valence-electron chi connectivity index (χ1n) is 12.3. The molecule has 174 valence electrons. The molecule has 6 rings (SSSR count). The Kier molecular flexibility index (Phi) is 5.53. The highest BCUT2D eigenvalue weighted by molar-refractivity contribution is 5.82. The number of hydrogen-bond donors (Lipinski definition) is 2. The zero-order valence-electron chi connectivity index (χ0n) is 18.5. The van der Waals surface area contributed by atoms with Crippen LogP contribution in [0.1, 0.15) is 70.4 Å². The summed E-state index contributed by atoms with van der Waals surface area (Å²) >= 11 is 0. The second kappa shape index (κ2) is 8.52. The summed E-state index contributed by atoms with van der Waals surface area (Å²) in [5.74, 6) is 0.914. The topological polar surface area (TPSA) is 104 Å². The largest absolute Gasteiger partial charge is 0.394 e. The third kappa shape index (κ3) is 3.59. The van der Waals surface area contributed by atoms with Gasteiger partial charge in [0.25, 0.3) is 0 Å². The van der Waals surface area contributed by atoms with E-state index in [9.17, 15) is 5.11 Å². The van der Waals surface area contributed by atoms with Gasteiger partial charge in [0.05, 0.1) is 12.9 Å². The van der Waals surface area contributed by atoms with E-state index in [4.69, 9.17) is 14.2 Å². The second-order valence-corrected chi connectivity index (χ2v) is 9.82. The lowest BCUT2D eigenvalue weighted by Gasteiger charge is -2.34. The van der Waals surface area contributed by atoms with Crippen LogP contribution in [-0.4, -0.2) is 61.9 Å². The number of aliphatic hydroxyl groups is 1. The molecular formula is C23H33N5O4. The number of hydrogen-bond acceptors (Lipinski definition) is 8. The molecule has 0 radical (unpaired) electrons. The number of nitrogens with zero attached hydrogens (tertiary/aromatic N) is 4. The number of aromatic nitrogens is 4. The number of rotatable bonds is 5. The average molecular weight is 444 g/mol. The van der Waals surface area contributed by atoms with E-state index < -0.39 is 18.1 Å². The van der Waals surface area contributed by atoms with Crippen molar-refractivity contribution in [3.8, 4) is 0 Å².